The summed E-state index contributed by atoms with van der Waals surface area (Å²) in [6, 6.07) is -0.703. The van der Waals surface area contributed by atoms with Gasteiger partial charge in [-0.2, -0.15) is 0 Å². The molecule has 0 heterocycles. The number of aliphatic hydroxyl groups is 2. The van der Waals surface area contributed by atoms with E-state index in [1.807, 2.05) is 0 Å². The molecule has 0 bridgehead atoms. The maximum atomic E-state index is 13.2. The van der Waals surface area contributed by atoms with Crippen molar-refractivity contribution in [1.82, 2.24) is 5.32 Å². The minimum Gasteiger partial charge on any atom is -0.462 e. The van der Waals surface area contributed by atoms with Crippen LogP contribution in [0, 0.1) is 0 Å². The Balaban J connectivity index is 4.53. The van der Waals surface area contributed by atoms with Crippen molar-refractivity contribution < 1.29 is 24.5 Å². The zero-order chi connectivity index (χ0) is 43.1. The van der Waals surface area contributed by atoms with Crippen molar-refractivity contribution >= 4 is 11.9 Å². The fourth-order valence-corrected chi connectivity index (χ4v) is 8.31. The topological polar surface area (TPSA) is 95.9 Å². The second-order valence-electron chi connectivity index (χ2n) is 18.3. The van der Waals surface area contributed by atoms with Gasteiger partial charge in [-0.3, -0.25) is 9.59 Å². The molecular weight excluding hydrogens is 731 g/mol. The molecular formula is C53H103NO5. The molecule has 0 aliphatic heterocycles. The molecule has 0 aromatic heterocycles. The number of ether oxygens (including phenoxy) is 1. The van der Waals surface area contributed by atoms with Gasteiger partial charge in [0.15, 0.2) is 0 Å². The maximum absolute atomic E-state index is 13.2. The summed E-state index contributed by atoms with van der Waals surface area (Å²) in [6.07, 6.45) is 52.7. The van der Waals surface area contributed by atoms with Crippen LogP contribution in [-0.2, 0) is 14.3 Å². The van der Waals surface area contributed by atoms with Gasteiger partial charge in [0.2, 0.25) is 5.91 Å². The lowest BCUT2D eigenvalue weighted by Gasteiger charge is -2.24. The molecule has 1 amide bonds. The molecule has 0 saturated carbocycles. The Morgan fingerprint density at radius 1 is 0.475 bits per heavy atom. The Morgan fingerprint density at radius 2 is 0.831 bits per heavy atom. The molecule has 6 nitrogen and oxygen atoms in total. The summed E-state index contributed by atoms with van der Waals surface area (Å²) in [5, 5.41) is 23.8. The van der Waals surface area contributed by atoms with E-state index >= 15 is 0 Å². The third kappa shape index (κ3) is 43.1. The molecule has 3 unspecified atom stereocenters. The Morgan fingerprint density at radius 3 is 1.24 bits per heavy atom. The molecule has 0 saturated heterocycles. The number of nitrogens with one attached hydrogen (secondary N) is 1. The largest absolute Gasteiger partial charge is 0.462 e. The highest BCUT2D eigenvalue weighted by molar-refractivity contribution is 5.77. The summed E-state index contributed by atoms with van der Waals surface area (Å²) in [6.45, 7) is 6.49. The minimum atomic E-state index is -0.788. The second-order valence-corrected chi connectivity index (χ2v) is 18.3. The van der Waals surface area contributed by atoms with Gasteiger partial charge in [-0.1, -0.05) is 245 Å². The molecule has 0 aliphatic rings. The molecule has 0 spiro atoms. The highest BCUT2D eigenvalue weighted by atomic mass is 16.5. The summed E-state index contributed by atoms with van der Waals surface area (Å²) < 4.78 is 5.92. The first-order chi connectivity index (χ1) is 29.0. The molecule has 0 aliphatic carbocycles. The van der Waals surface area contributed by atoms with E-state index in [1.54, 1.807) is 0 Å². The average molecular weight is 834 g/mol. The predicted octanol–water partition coefficient (Wildman–Crippen LogP) is 15.7. The third-order valence-electron chi connectivity index (χ3n) is 12.3. The van der Waals surface area contributed by atoms with Gasteiger partial charge in [-0.25, -0.2) is 0 Å². The predicted molar refractivity (Wildman–Crippen MR) is 255 cm³/mol. The maximum Gasteiger partial charge on any atom is 0.306 e. The van der Waals surface area contributed by atoms with Crippen molar-refractivity contribution in [3.63, 3.8) is 0 Å². The Kier molecular flexibility index (Phi) is 46.5. The van der Waals surface area contributed by atoms with Crippen LogP contribution < -0.4 is 5.32 Å². The number of rotatable bonds is 48. The molecule has 6 heteroatoms. The molecule has 0 fully saturated rings. The minimum absolute atomic E-state index is 0.0638. The highest BCUT2D eigenvalue weighted by Gasteiger charge is 2.24. The van der Waals surface area contributed by atoms with Crippen LogP contribution in [0.25, 0.3) is 0 Å². The van der Waals surface area contributed by atoms with Gasteiger partial charge in [0.25, 0.3) is 0 Å². The van der Waals surface area contributed by atoms with Crippen molar-refractivity contribution in [3.05, 3.63) is 12.2 Å². The van der Waals surface area contributed by atoms with E-state index < -0.39 is 18.2 Å². The van der Waals surface area contributed by atoms with Crippen molar-refractivity contribution in [3.8, 4) is 0 Å². The molecule has 59 heavy (non-hydrogen) atoms. The van der Waals surface area contributed by atoms with E-state index in [-0.39, 0.29) is 24.9 Å². The van der Waals surface area contributed by atoms with Crippen LogP contribution in [0.4, 0.5) is 0 Å². The number of carbonyl (C=O) groups excluding carboxylic acids is 2. The number of amides is 1. The smallest absolute Gasteiger partial charge is 0.306 e. The number of unbranched alkanes of at least 4 members (excludes halogenated alkanes) is 34. The number of esters is 1. The summed E-state index contributed by atoms with van der Waals surface area (Å²) in [5.41, 5.74) is 0. The van der Waals surface area contributed by atoms with Crippen LogP contribution in [-0.4, -0.2) is 46.9 Å². The van der Waals surface area contributed by atoms with Crippen molar-refractivity contribution in [2.45, 2.75) is 309 Å². The van der Waals surface area contributed by atoms with Crippen LogP contribution in [0.1, 0.15) is 290 Å². The summed E-state index contributed by atoms with van der Waals surface area (Å²) in [5.74, 6) is -0.486. The zero-order valence-electron chi connectivity index (χ0n) is 39.9. The van der Waals surface area contributed by atoms with E-state index in [9.17, 15) is 19.8 Å². The van der Waals surface area contributed by atoms with Gasteiger partial charge >= 0.3 is 5.97 Å². The number of hydrogen-bond donors (Lipinski definition) is 3. The summed E-state index contributed by atoms with van der Waals surface area (Å²) >= 11 is 0. The van der Waals surface area contributed by atoms with Crippen LogP contribution in [0.2, 0.25) is 0 Å². The first kappa shape index (κ1) is 57.6. The average Bonchev–Trinajstić information content (AvgIpc) is 3.23. The fraction of sp³-hybridized carbons (Fsp3) is 0.925. The molecule has 3 atom stereocenters. The van der Waals surface area contributed by atoms with Gasteiger partial charge in [0.05, 0.1) is 25.2 Å². The number of allylic oxidation sites excluding steroid dienone is 2. The lowest BCUT2D eigenvalue weighted by Crippen LogP contribution is -2.46. The summed E-state index contributed by atoms with van der Waals surface area (Å²) in [7, 11) is 0. The van der Waals surface area contributed by atoms with E-state index in [1.165, 1.54) is 193 Å². The van der Waals surface area contributed by atoms with E-state index in [4.69, 9.17) is 4.74 Å². The monoisotopic (exact) mass is 834 g/mol. The van der Waals surface area contributed by atoms with E-state index in [0.717, 1.165) is 51.4 Å². The van der Waals surface area contributed by atoms with Crippen molar-refractivity contribution in [2.75, 3.05) is 6.61 Å². The first-order valence-corrected chi connectivity index (χ1v) is 26.4. The first-order valence-electron chi connectivity index (χ1n) is 26.4. The molecule has 0 aromatic carbocycles. The van der Waals surface area contributed by atoms with E-state index in [2.05, 4.69) is 38.2 Å². The zero-order valence-corrected chi connectivity index (χ0v) is 39.9. The molecule has 3 N–H and O–H groups in total. The van der Waals surface area contributed by atoms with Crippen molar-refractivity contribution in [2.24, 2.45) is 0 Å². The van der Waals surface area contributed by atoms with Gasteiger partial charge in [0.1, 0.15) is 6.10 Å². The quantitative estimate of drug-likeness (QED) is 0.0322. The van der Waals surface area contributed by atoms with Crippen LogP contribution in [0.15, 0.2) is 12.2 Å². The summed E-state index contributed by atoms with van der Waals surface area (Å²) in [4.78, 5) is 26.1. The number of carbonyl (C=O) groups is 2. The van der Waals surface area contributed by atoms with Crippen LogP contribution in [0.3, 0.4) is 0 Å². The fourth-order valence-electron chi connectivity index (χ4n) is 8.31. The van der Waals surface area contributed by atoms with Gasteiger partial charge < -0.3 is 20.3 Å². The van der Waals surface area contributed by atoms with Gasteiger partial charge in [0, 0.05) is 6.42 Å². The third-order valence-corrected chi connectivity index (χ3v) is 12.3. The molecule has 0 rings (SSSR count). The Bertz CT molecular complexity index is 893. The Hall–Kier alpha value is -1.40. The SMILES string of the molecule is CCCCCCCCC/C=C\CCCC(CC(=O)NC(CO)C(O)CCCCCCCCCCCCCCCC)OC(=O)CCCCCCCCCCCCCCCC. The normalized spacial score (nSPS) is 13.2. The van der Waals surface area contributed by atoms with E-state index in [0.29, 0.717) is 19.3 Å². The lowest BCUT2D eigenvalue weighted by atomic mass is 10.0. The van der Waals surface area contributed by atoms with Crippen molar-refractivity contribution in [1.29, 1.82) is 0 Å². The van der Waals surface area contributed by atoms with Crippen LogP contribution >= 0.6 is 0 Å². The lowest BCUT2D eigenvalue weighted by molar-refractivity contribution is -0.151. The number of aliphatic hydroxyl groups excluding tert-OH is 2. The van der Waals surface area contributed by atoms with Crippen LogP contribution in [0.5, 0.6) is 0 Å². The second kappa shape index (κ2) is 47.6. The Labute approximate surface area is 368 Å². The van der Waals surface area contributed by atoms with Gasteiger partial charge in [-0.15, -0.1) is 0 Å². The highest BCUT2D eigenvalue weighted by Crippen LogP contribution is 2.18. The van der Waals surface area contributed by atoms with Gasteiger partial charge in [-0.05, 0) is 44.9 Å². The molecule has 0 aromatic rings. The standard InChI is InChI=1S/C53H103NO5/c1-4-7-10-13-16-19-22-25-27-30-33-36-39-42-45-51(56)50(48-55)54-52(57)47-49(44-41-38-35-32-29-24-21-18-15-12-9-6-3)59-53(58)46-43-40-37-34-31-28-26-23-20-17-14-11-8-5-2/h32,35,49-51,55-56H,4-31,33-34,36-48H2,1-3H3,(H,54,57)/b35-32-. The molecule has 350 valence electrons. The molecule has 0 radical (unpaired) electrons. The number of hydrogen-bond acceptors (Lipinski definition) is 5.